The maximum absolute atomic E-state index is 5.21. The van der Waals surface area contributed by atoms with Crippen molar-refractivity contribution in [1.29, 1.82) is 0 Å². The molecule has 0 spiro atoms. The molecule has 0 saturated heterocycles. The fraction of sp³-hybridized carbons (Fsp3) is 0.133. The lowest BCUT2D eigenvalue weighted by atomic mass is 10.1. The van der Waals surface area contributed by atoms with Gasteiger partial charge in [-0.05, 0) is 30.2 Å². The molecule has 0 aliphatic carbocycles. The molecule has 4 heteroatoms. The van der Waals surface area contributed by atoms with Gasteiger partial charge in [0.2, 0.25) is 0 Å². The highest BCUT2D eigenvalue weighted by Gasteiger charge is 2.02. The van der Waals surface area contributed by atoms with Crippen LogP contribution in [0.2, 0.25) is 0 Å². The van der Waals surface area contributed by atoms with Crippen LogP contribution in [0.25, 0.3) is 11.4 Å². The minimum absolute atomic E-state index is 0.758. The number of nitrogens with zero attached hydrogens (tertiary/aromatic N) is 3. The van der Waals surface area contributed by atoms with Crippen molar-refractivity contribution in [3.63, 3.8) is 0 Å². The zero-order valence-electron chi connectivity index (χ0n) is 10.4. The quantitative estimate of drug-likeness (QED) is 0.715. The zero-order valence-corrected chi connectivity index (χ0v) is 10.4. The topological polar surface area (TPSA) is 51.8 Å². The standard InChI is InChI=1S/C15H13N3O/c1-2-8-16-13(3-1)14-6-4-12(11-18-14)5-7-15-17-9-10-19-15/h1-4,6,8-11H,5,7H2. The average molecular weight is 251 g/mol. The molecule has 0 amide bonds. The van der Waals surface area contributed by atoms with E-state index in [9.17, 15) is 0 Å². The van der Waals surface area contributed by atoms with E-state index in [1.54, 1.807) is 18.7 Å². The monoisotopic (exact) mass is 251 g/mol. The third kappa shape index (κ3) is 2.85. The van der Waals surface area contributed by atoms with Gasteiger partial charge < -0.3 is 4.42 Å². The van der Waals surface area contributed by atoms with Crippen LogP contribution in [-0.4, -0.2) is 15.0 Å². The zero-order chi connectivity index (χ0) is 12.9. The van der Waals surface area contributed by atoms with Crippen LogP contribution in [0.1, 0.15) is 11.5 Å². The van der Waals surface area contributed by atoms with E-state index < -0.39 is 0 Å². The molecule has 3 aromatic heterocycles. The molecule has 0 N–H and O–H groups in total. The predicted molar refractivity (Wildman–Crippen MR) is 71.4 cm³/mol. The Labute approximate surface area is 111 Å². The molecule has 0 bridgehead atoms. The molecule has 3 rings (SSSR count). The Morgan fingerprint density at radius 2 is 1.79 bits per heavy atom. The molecule has 0 aliphatic rings. The predicted octanol–water partition coefficient (Wildman–Crippen LogP) is 2.92. The van der Waals surface area contributed by atoms with E-state index >= 15 is 0 Å². The van der Waals surface area contributed by atoms with Gasteiger partial charge in [0.05, 0.1) is 17.6 Å². The molecular weight excluding hydrogens is 238 g/mol. The van der Waals surface area contributed by atoms with E-state index in [0.717, 1.165) is 35.7 Å². The molecule has 0 unspecified atom stereocenters. The Morgan fingerprint density at radius 1 is 0.842 bits per heavy atom. The number of pyridine rings is 2. The van der Waals surface area contributed by atoms with Crippen molar-refractivity contribution in [2.24, 2.45) is 0 Å². The number of hydrogen-bond donors (Lipinski definition) is 0. The first-order valence-corrected chi connectivity index (χ1v) is 6.16. The lowest BCUT2D eigenvalue weighted by Gasteiger charge is -2.02. The van der Waals surface area contributed by atoms with Crippen LogP contribution < -0.4 is 0 Å². The maximum atomic E-state index is 5.21. The molecule has 0 radical (unpaired) electrons. The summed E-state index contributed by atoms with van der Waals surface area (Å²) < 4.78 is 5.21. The second kappa shape index (κ2) is 5.44. The summed E-state index contributed by atoms with van der Waals surface area (Å²) in [6, 6.07) is 9.87. The third-order valence-corrected chi connectivity index (χ3v) is 2.86. The third-order valence-electron chi connectivity index (χ3n) is 2.86. The lowest BCUT2D eigenvalue weighted by Crippen LogP contribution is -1.93. The Kier molecular flexibility index (Phi) is 3.32. The minimum Gasteiger partial charge on any atom is -0.449 e. The van der Waals surface area contributed by atoms with E-state index in [4.69, 9.17) is 4.42 Å². The van der Waals surface area contributed by atoms with Crippen LogP contribution in [-0.2, 0) is 12.8 Å². The largest absolute Gasteiger partial charge is 0.449 e. The Bertz CT molecular complexity index is 618. The number of oxazole rings is 1. The van der Waals surface area contributed by atoms with Crippen molar-refractivity contribution in [2.75, 3.05) is 0 Å². The Morgan fingerprint density at radius 3 is 2.47 bits per heavy atom. The van der Waals surface area contributed by atoms with Crippen LogP contribution in [0.3, 0.4) is 0 Å². The summed E-state index contributed by atoms with van der Waals surface area (Å²) in [7, 11) is 0. The molecule has 3 aromatic rings. The van der Waals surface area contributed by atoms with Gasteiger partial charge in [-0.15, -0.1) is 0 Å². The van der Waals surface area contributed by atoms with Crippen LogP contribution >= 0.6 is 0 Å². The van der Waals surface area contributed by atoms with E-state index in [1.807, 2.05) is 30.5 Å². The number of aryl methyl sites for hydroxylation is 2. The molecule has 94 valence electrons. The first kappa shape index (κ1) is 11.6. The summed E-state index contributed by atoms with van der Waals surface area (Å²) in [6.07, 6.45) is 8.57. The Hall–Kier alpha value is -2.49. The molecule has 0 atom stereocenters. The highest BCUT2D eigenvalue weighted by Crippen LogP contribution is 2.14. The van der Waals surface area contributed by atoms with Crippen molar-refractivity contribution >= 4 is 0 Å². The summed E-state index contributed by atoms with van der Waals surface area (Å²) in [6.45, 7) is 0. The van der Waals surface area contributed by atoms with Crippen molar-refractivity contribution < 1.29 is 4.42 Å². The van der Waals surface area contributed by atoms with Gasteiger partial charge in [0.1, 0.15) is 6.26 Å². The van der Waals surface area contributed by atoms with Gasteiger partial charge in [-0.3, -0.25) is 9.97 Å². The van der Waals surface area contributed by atoms with Gasteiger partial charge in [-0.25, -0.2) is 4.98 Å². The van der Waals surface area contributed by atoms with Crippen molar-refractivity contribution in [1.82, 2.24) is 15.0 Å². The second-order valence-electron chi connectivity index (χ2n) is 4.19. The molecule has 0 aromatic carbocycles. The van der Waals surface area contributed by atoms with Crippen molar-refractivity contribution in [3.8, 4) is 11.4 Å². The van der Waals surface area contributed by atoms with Gasteiger partial charge in [0.15, 0.2) is 5.89 Å². The molecule has 4 nitrogen and oxygen atoms in total. The first-order chi connectivity index (χ1) is 9.42. The van der Waals surface area contributed by atoms with Gasteiger partial charge in [-0.1, -0.05) is 12.1 Å². The summed E-state index contributed by atoms with van der Waals surface area (Å²) in [5, 5.41) is 0. The summed E-state index contributed by atoms with van der Waals surface area (Å²) in [5.74, 6) is 0.758. The van der Waals surface area contributed by atoms with Gasteiger partial charge >= 0.3 is 0 Å². The van der Waals surface area contributed by atoms with Crippen molar-refractivity contribution in [2.45, 2.75) is 12.8 Å². The highest BCUT2D eigenvalue weighted by atomic mass is 16.3. The molecule has 0 saturated carbocycles. The smallest absolute Gasteiger partial charge is 0.194 e. The second-order valence-corrected chi connectivity index (χ2v) is 4.19. The SMILES string of the molecule is c1ccc(-c2ccc(CCc3ncco3)cn2)nc1. The molecule has 19 heavy (non-hydrogen) atoms. The van der Waals surface area contributed by atoms with Gasteiger partial charge in [0, 0.05) is 18.8 Å². The molecule has 0 aliphatic heterocycles. The molecule has 3 heterocycles. The fourth-order valence-corrected chi connectivity index (χ4v) is 1.87. The molecule has 0 fully saturated rings. The van der Waals surface area contributed by atoms with Gasteiger partial charge in [0.25, 0.3) is 0 Å². The van der Waals surface area contributed by atoms with E-state index in [0.29, 0.717) is 0 Å². The number of rotatable bonds is 4. The molecular formula is C15H13N3O. The minimum atomic E-state index is 0.758. The normalized spacial score (nSPS) is 10.5. The number of aromatic nitrogens is 3. The van der Waals surface area contributed by atoms with Crippen LogP contribution in [0.15, 0.2) is 59.6 Å². The maximum Gasteiger partial charge on any atom is 0.194 e. The summed E-state index contributed by atoms with van der Waals surface area (Å²) in [5.41, 5.74) is 2.94. The van der Waals surface area contributed by atoms with Crippen LogP contribution in [0.5, 0.6) is 0 Å². The van der Waals surface area contributed by atoms with Gasteiger partial charge in [-0.2, -0.15) is 0 Å². The van der Waals surface area contributed by atoms with Crippen LogP contribution in [0, 0.1) is 0 Å². The average Bonchev–Trinajstić information content (AvgIpc) is 3.00. The van der Waals surface area contributed by atoms with E-state index in [1.165, 1.54) is 0 Å². The number of hydrogen-bond acceptors (Lipinski definition) is 4. The van der Waals surface area contributed by atoms with E-state index in [2.05, 4.69) is 21.0 Å². The summed E-state index contributed by atoms with van der Waals surface area (Å²) >= 11 is 0. The summed E-state index contributed by atoms with van der Waals surface area (Å²) in [4.78, 5) is 12.8. The highest BCUT2D eigenvalue weighted by molar-refractivity contribution is 5.53. The Balaban J connectivity index is 1.69. The lowest BCUT2D eigenvalue weighted by molar-refractivity contribution is 0.494. The first-order valence-electron chi connectivity index (χ1n) is 6.16. The van der Waals surface area contributed by atoms with Crippen LogP contribution in [0.4, 0.5) is 0 Å². The van der Waals surface area contributed by atoms with Crippen molar-refractivity contribution in [3.05, 3.63) is 66.6 Å². The van der Waals surface area contributed by atoms with E-state index in [-0.39, 0.29) is 0 Å². The fourth-order valence-electron chi connectivity index (χ4n) is 1.87.